The Hall–Kier alpha value is -2.51. The quantitative estimate of drug-likeness (QED) is 0.664. The minimum Gasteiger partial charge on any atom is -0.354 e. The molecule has 2 heterocycles. The van der Waals surface area contributed by atoms with Crippen molar-refractivity contribution in [3.8, 4) is 5.82 Å². The number of hydrogen-bond acceptors (Lipinski definition) is 6. The fraction of sp³-hybridized carbons (Fsp3) is 0.364. The number of rotatable bonds is 4. The van der Waals surface area contributed by atoms with E-state index in [1.54, 1.807) is 19.2 Å². The summed E-state index contributed by atoms with van der Waals surface area (Å²) in [5.74, 6) is 0.523. The smallest absolute Gasteiger partial charge is 0.334 e. The lowest BCUT2D eigenvalue weighted by Gasteiger charge is -2.07. The van der Waals surface area contributed by atoms with Crippen LogP contribution < -0.4 is 5.32 Å². The maximum Gasteiger partial charge on any atom is 0.334 e. The highest BCUT2D eigenvalue weighted by molar-refractivity contribution is 5.53. The zero-order valence-electron chi connectivity index (χ0n) is 10.9. The van der Waals surface area contributed by atoms with E-state index in [4.69, 9.17) is 0 Å². The molecule has 8 nitrogen and oxygen atoms in total. The largest absolute Gasteiger partial charge is 0.354 e. The lowest BCUT2D eigenvalue weighted by molar-refractivity contribution is -0.385. The Morgan fingerprint density at radius 1 is 1.42 bits per heavy atom. The topological polar surface area (TPSA) is 98.8 Å². The number of anilines is 1. The molecular formula is C11H14N6O2. The SMILES string of the molecule is CCNc1nc(C)c([N+](=O)[O-])c(-n2ccc(C)n2)n1. The molecule has 1 N–H and O–H groups in total. The van der Waals surface area contributed by atoms with Crippen LogP contribution in [0, 0.1) is 24.0 Å². The minimum absolute atomic E-state index is 0.134. The first-order valence-corrected chi connectivity index (χ1v) is 5.82. The molecule has 2 rings (SSSR count). The van der Waals surface area contributed by atoms with E-state index in [0.29, 0.717) is 18.2 Å². The summed E-state index contributed by atoms with van der Waals surface area (Å²) in [5.41, 5.74) is 0.930. The second kappa shape index (κ2) is 5.01. The molecule has 0 unspecified atom stereocenters. The van der Waals surface area contributed by atoms with E-state index in [-0.39, 0.29) is 11.5 Å². The van der Waals surface area contributed by atoms with Crippen LogP contribution in [0.5, 0.6) is 0 Å². The van der Waals surface area contributed by atoms with Crippen molar-refractivity contribution >= 4 is 11.6 Å². The summed E-state index contributed by atoms with van der Waals surface area (Å²) in [4.78, 5) is 18.9. The highest BCUT2D eigenvalue weighted by Gasteiger charge is 2.23. The van der Waals surface area contributed by atoms with Crippen molar-refractivity contribution < 1.29 is 4.92 Å². The molecule has 2 aromatic heterocycles. The van der Waals surface area contributed by atoms with Gasteiger partial charge in [-0.3, -0.25) is 10.1 Å². The third-order valence-electron chi connectivity index (χ3n) is 2.50. The average Bonchev–Trinajstić information content (AvgIpc) is 2.75. The van der Waals surface area contributed by atoms with Gasteiger partial charge in [-0.2, -0.15) is 10.1 Å². The van der Waals surface area contributed by atoms with Crippen molar-refractivity contribution in [1.82, 2.24) is 19.7 Å². The third kappa shape index (κ3) is 2.51. The molecule has 0 radical (unpaired) electrons. The zero-order valence-corrected chi connectivity index (χ0v) is 10.9. The summed E-state index contributed by atoms with van der Waals surface area (Å²) in [6, 6.07) is 1.76. The molecule has 0 atom stereocenters. The third-order valence-corrected chi connectivity index (χ3v) is 2.50. The second-order valence-corrected chi connectivity index (χ2v) is 3.99. The molecular weight excluding hydrogens is 248 g/mol. The van der Waals surface area contributed by atoms with Gasteiger partial charge in [-0.05, 0) is 26.8 Å². The van der Waals surface area contributed by atoms with E-state index in [1.807, 2.05) is 13.8 Å². The van der Waals surface area contributed by atoms with Gasteiger partial charge in [0.05, 0.1) is 10.6 Å². The fourth-order valence-electron chi connectivity index (χ4n) is 1.70. The molecule has 0 aliphatic carbocycles. The summed E-state index contributed by atoms with van der Waals surface area (Å²) >= 11 is 0. The van der Waals surface area contributed by atoms with E-state index >= 15 is 0 Å². The van der Waals surface area contributed by atoms with Crippen LogP contribution in [0.4, 0.5) is 11.6 Å². The van der Waals surface area contributed by atoms with Crippen LogP contribution in [0.2, 0.25) is 0 Å². The summed E-state index contributed by atoms with van der Waals surface area (Å²) in [7, 11) is 0. The van der Waals surface area contributed by atoms with Crippen molar-refractivity contribution in [3.63, 3.8) is 0 Å². The molecule has 0 spiro atoms. The first-order valence-electron chi connectivity index (χ1n) is 5.82. The van der Waals surface area contributed by atoms with Gasteiger partial charge in [0.1, 0.15) is 5.69 Å². The molecule has 0 aliphatic rings. The highest BCUT2D eigenvalue weighted by atomic mass is 16.6. The Balaban J connectivity index is 2.64. The van der Waals surface area contributed by atoms with Crippen LogP contribution in [0.25, 0.3) is 5.82 Å². The van der Waals surface area contributed by atoms with Gasteiger partial charge in [0.2, 0.25) is 11.8 Å². The second-order valence-electron chi connectivity index (χ2n) is 3.99. The Labute approximate surface area is 109 Å². The maximum absolute atomic E-state index is 11.2. The summed E-state index contributed by atoms with van der Waals surface area (Å²) < 4.78 is 1.39. The lowest BCUT2D eigenvalue weighted by atomic mass is 10.3. The molecule has 2 aromatic rings. The van der Waals surface area contributed by atoms with Gasteiger partial charge in [0.25, 0.3) is 0 Å². The van der Waals surface area contributed by atoms with E-state index in [0.717, 1.165) is 5.69 Å². The molecule has 0 aromatic carbocycles. The van der Waals surface area contributed by atoms with E-state index in [9.17, 15) is 10.1 Å². The van der Waals surface area contributed by atoms with Crippen molar-refractivity contribution in [2.45, 2.75) is 20.8 Å². The predicted octanol–water partition coefficient (Wildman–Crippen LogP) is 1.62. The summed E-state index contributed by atoms with van der Waals surface area (Å²) in [6.07, 6.45) is 1.64. The number of aromatic nitrogens is 4. The van der Waals surface area contributed by atoms with Gasteiger partial charge in [0, 0.05) is 12.7 Å². The Kier molecular flexibility index (Phi) is 3.41. The highest BCUT2D eigenvalue weighted by Crippen LogP contribution is 2.24. The predicted molar refractivity (Wildman–Crippen MR) is 69.4 cm³/mol. The minimum atomic E-state index is -0.489. The van der Waals surface area contributed by atoms with Crippen LogP contribution in [-0.2, 0) is 0 Å². The molecule has 0 amide bonds. The van der Waals surface area contributed by atoms with Crippen molar-refractivity contribution in [2.24, 2.45) is 0 Å². The van der Waals surface area contributed by atoms with Gasteiger partial charge < -0.3 is 5.32 Å². The molecule has 0 saturated heterocycles. The Bertz CT molecular complexity index is 622. The van der Waals surface area contributed by atoms with Gasteiger partial charge >= 0.3 is 5.69 Å². The number of nitrogens with one attached hydrogen (secondary N) is 1. The van der Waals surface area contributed by atoms with Gasteiger partial charge in [-0.1, -0.05) is 0 Å². The van der Waals surface area contributed by atoms with Crippen molar-refractivity contribution in [3.05, 3.63) is 33.8 Å². The van der Waals surface area contributed by atoms with Crippen molar-refractivity contribution in [1.29, 1.82) is 0 Å². The number of nitrogens with zero attached hydrogens (tertiary/aromatic N) is 5. The maximum atomic E-state index is 11.2. The molecule has 0 bridgehead atoms. The Morgan fingerprint density at radius 2 is 2.16 bits per heavy atom. The zero-order chi connectivity index (χ0) is 14.0. The normalized spacial score (nSPS) is 10.5. The van der Waals surface area contributed by atoms with Gasteiger partial charge in [-0.15, -0.1) is 0 Å². The monoisotopic (exact) mass is 262 g/mol. The van der Waals surface area contributed by atoms with Crippen LogP contribution in [0.3, 0.4) is 0 Å². The van der Waals surface area contributed by atoms with Crippen LogP contribution >= 0.6 is 0 Å². The molecule has 0 aliphatic heterocycles. The number of nitro groups is 1. The van der Waals surface area contributed by atoms with Gasteiger partial charge in [-0.25, -0.2) is 9.67 Å². The van der Waals surface area contributed by atoms with Crippen LogP contribution in [-0.4, -0.2) is 31.2 Å². The lowest BCUT2D eigenvalue weighted by Crippen LogP contribution is -2.11. The van der Waals surface area contributed by atoms with Crippen molar-refractivity contribution in [2.75, 3.05) is 11.9 Å². The molecule has 100 valence electrons. The molecule has 0 fully saturated rings. The summed E-state index contributed by atoms with van der Waals surface area (Å²) in [5, 5.41) is 18.3. The molecule has 19 heavy (non-hydrogen) atoms. The number of hydrogen-bond donors (Lipinski definition) is 1. The van der Waals surface area contributed by atoms with E-state index in [1.165, 1.54) is 4.68 Å². The summed E-state index contributed by atoms with van der Waals surface area (Å²) in [6.45, 7) is 5.93. The number of aryl methyl sites for hydroxylation is 2. The first-order chi connectivity index (χ1) is 9.02. The van der Waals surface area contributed by atoms with Gasteiger partial charge in [0.15, 0.2) is 0 Å². The average molecular weight is 262 g/mol. The van der Waals surface area contributed by atoms with E-state index < -0.39 is 4.92 Å². The standard InChI is InChI=1S/C11H14N6O2/c1-4-12-11-13-8(3)9(17(18)19)10(14-11)16-6-5-7(2)15-16/h5-6H,4H2,1-3H3,(H,12,13,14). The van der Waals surface area contributed by atoms with Crippen LogP contribution in [0.1, 0.15) is 18.3 Å². The Morgan fingerprint density at radius 3 is 2.68 bits per heavy atom. The van der Waals surface area contributed by atoms with E-state index in [2.05, 4.69) is 20.4 Å². The first kappa shape index (κ1) is 12.9. The fourth-order valence-corrected chi connectivity index (χ4v) is 1.70. The molecule has 0 saturated carbocycles. The molecule has 8 heteroatoms. The van der Waals surface area contributed by atoms with Crippen LogP contribution in [0.15, 0.2) is 12.3 Å².